The van der Waals surface area contributed by atoms with Gasteiger partial charge in [-0.15, -0.1) is 0 Å². The van der Waals surface area contributed by atoms with Gasteiger partial charge in [-0.1, -0.05) is 57.2 Å². The number of hydrogen-bond acceptors (Lipinski definition) is 1. The zero-order valence-corrected chi connectivity index (χ0v) is 12.3. The minimum atomic E-state index is -2.10. The van der Waals surface area contributed by atoms with Gasteiger partial charge < -0.3 is 4.43 Å². The van der Waals surface area contributed by atoms with Crippen molar-refractivity contribution in [3.05, 3.63) is 41.4 Å². The van der Waals surface area contributed by atoms with Crippen LogP contribution in [0, 0.1) is 0 Å². The molecule has 0 bridgehead atoms. The lowest BCUT2D eigenvalue weighted by Gasteiger charge is -2.38. The highest BCUT2D eigenvalue weighted by Gasteiger charge is 2.39. The van der Waals surface area contributed by atoms with Crippen LogP contribution in [0.2, 0.25) is 18.1 Å². The highest BCUT2D eigenvalue weighted by atomic mass is 28.4. The summed E-state index contributed by atoms with van der Waals surface area (Å²) in [5.41, 5.74) is 1.73. The average molecular weight is 248 g/mol. The molecule has 0 heterocycles. The van der Waals surface area contributed by atoms with Crippen LogP contribution in [0.15, 0.2) is 30.3 Å². The predicted molar refractivity (Wildman–Crippen MR) is 76.5 cm³/mol. The van der Waals surface area contributed by atoms with Crippen LogP contribution in [0.5, 0.6) is 0 Å². The Labute approximate surface area is 108 Å². The lowest BCUT2D eigenvalue weighted by atomic mass is 10.1. The molecule has 0 amide bonds. The van der Waals surface area contributed by atoms with Crippen LogP contribution in [0.4, 0.5) is 0 Å². The first-order chi connectivity index (χ1) is 8.58. The number of rotatable bonds is 2. The van der Waals surface area contributed by atoms with E-state index in [0.29, 0.717) is 0 Å². The first-order valence-electron chi connectivity index (χ1n) is 7.06. The van der Waals surface area contributed by atoms with Gasteiger partial charge in [0.25, 0.3) is 0 Å². The molecule has 92 valence electrons. The lowest BCUT2D eigenvalue weighted by molar-refractivity contribution is 0.232. The van der Waals surface area contributed by atoms with Crippen LogP contribution in [0.3, 0.4) is 0 Å². The van der Waals surface area contributed by atoms with Crippen molar-refractivity contribution in [1.82, 2.24) is 0 Å². The molecule has 0 N–H and O–H groups in total. The van der Waals surface area contributed by atoms with Crippen LogP contribution in [0.25, 0.3) is 6.08 Å². The molecule has 1 aliphatic rings. The summed E-state index contributed by atoms with van der Waals surface area (Å²) in [6, 6.07) is 7.91. The zero-order chi connectivity index (χ0) is 14.5. The van der Waals surface area contributed by atoms with Gasteiger partial charge in [0.05, 0.1) is 8.82 Å². The molecule has 0 saturated carbocycles. The molecule has 1 unspecified atom stereocenters. The molecule has 1 aromatic rings. The van der Waals surface area contributed by atoms with Crippen LogP contribution < -0.4 is 0 Å². The SMILES string of the molecule is [2H]C1=Cc2ccccc2C1([2H])O[Si](C)(C)C(C)(C)C. The van der Waals surface area contributed by atoms with Crippen molar-refractivity contribution in [1.29, 1.82) is 0 Å². The molecule has 1 aromatic carbocycles. The van der Waals surface area contributed by atoms with Crippen LogP contribution in [0.1, 0.15) is 40.7 Å². The van der Waals surface area contributed by atoms with E-state index in [9.17, 15) is 0 Å². The van der Waals surface area contributed by atoms with E-state index in [-0.39, 0.29) is 11.1 Å². The molecule has 17 heavy (non-hydrogen) atoms. The van der Waals surface area contributed by atoms with Gasteiger partial charge in [-0.3, -0.25) is 0 Å². The Bertz CT molecular complexity index is 531. The summed E-state index contributed by atoms with van der Waals surface area (Å²) >= 11 is 0. The quantitative estimate of drug-likeness (QED) is 0.685. The Balaban J connectivity index is 2.43. The average Bonchev–Trinajstić information content (AvgIpc) is 2.49. The number of fused-ring (bicyclic) bond motifs is 1. The smallest absolute Gasteiger partial charge is 0.193 e. The van der Waals surface area contributed by atoms with Crippen molar-refractivity contribution in [3.8, 4) is 0 Å². The molecule has 2 rings (SSSR count). The maximum Gasteiger partial charge on any atom is 0.193 e. The van der Waals surface area contributed by atoms with Crippen molar-refractivity contribution in [3.63, 3.8) is 0 Å². The number of benzene rings is 1. The van der Waals surface area contributed by atoms with E-state index in [2.05, 4.69) is 33.9 Å². The van der Waals surface area contributed by atoms with Gasteiger partial charge in [0.1, 0.15) is 0 Å². The fourth-order valence-electron chi connectivity index (χ4n) is 1.54. The summed E-state index contributed by atoms with van der Waals surface area (Å²) in [5, 5.41) is 0.0267. The van der Waals surface area contributed by atoms with Crippen LogP contribution >= 0.6 is 0 Å². The molecule has 0 saturated heterocycles. The third-order valence-corrected chi connectivity index (χ3v) is 8.05. The summed E-state index contributed by atoms with van der Waals surface area (Å²) in [4.78, 5) is 0. The van der Waals surface area contributed by atoms with E-state index in [4.69, 9.17) is 7.17 Å². The monoisotopic (exact) mass is 248 g/mol. The van der Waals surface area contributed by atoms with E-state index < -0.39 is 14.4 Å². The van der Waals surface area contributed by atoms with Gasteiger partial charge in [0, 0.05) is 0 Å². The molecule has 1 aliphatic carbocycles. The second kappa shape index (κ2) is 4.11. The molecule has 1 nitrogen and oxygen atoms in total. The van der Waals surface area contributed by atoms with Crippen molar-refractivity contribution in [2.45, 2.75) is 45.0 Å². The Morgan fingerprint density at radius 3 is 2.59 bits per heavy atom. The molecule has 0 aliphatic heterocycles. The number of hydrogen-bond donors (Lipinski definition) is 0. The molecule has 1 atom stereocenters. The second-order valence-electron chi connectivity index (χ2n) is 6.07. The highest BCUT2D eigenvalue weighted by Crippen LogP contribution is 2.42. The van der Waals surface area contributed by atoms with Gasteiger partial charge in [-0.2, -0.15) is 0 Å². The van der Waals surface area contributed by atoms with Crippen LogP contribution in [-0.2, 0) is 4.43 Å². The van der Waals surface area contributed by atoms with Crippen LogP contribution in [-0.4, -0.2) is 8.32 Å². The standard InChI is InChI=1S/C15H22OSi/c1-15(2,3)17(4,5)16-14-11-10-12-8-6-7-9-13(12)14/h6-11,14H,1-5H3/i11D,14D. The molecule has 0 spiro atoms. The Kier molecular flexibility index (Phi) is 2.44. The van der Waals surface area contributed by atoms with E-state index in [1.165, 1.54) is 0 Å². The third-order valence-electron chi connectivity index (χ3n) is 3.73. The molecule has 0 radical (unpaired) electrons. The normalized spacial score (nSPS) is 26.1. The van der Waals surface area contributed by atoms with Crippen molar-refractivity contribution in [2.24, 2.45) is 0 Å². The Hall–Kier alpha value is -0.863. The summed E-state index contributed by atoms with van der Waals surface area (Å²) in [6.45, 7) is 10.7. The predicted octanol–water partition coefficient (Wildman–Crippen LogP) is 4.78. The molecule has 0 aromatic heterocycles. The first-order valence-corrected chi connectivity index (χ1v) is 8.97. The zero-order valence-electron chi connectivity index (χ0n) is 13.3. The second-order valence-corrected chi connectivity index (χ2v) is 10.8. The molecular formula is C15H22OSi. The fraction of sp³-hybridized carbons (Fsp3) is 0.467. The van der Waals surface area contributed by atoms with Gasteiger partial charge in [-0.05, 0) is 29.3 Å². The van der Waals surface area contributed by atoms with E-state index in [0.717, 1.165) is 11.1 Å². The van der Waals surface area contributed by atoms with Crippen molar-refractivity contribution >= 4 is 14.4 Å². The highest BCUT2D eigenvalue weighted by molar-refractivity contribution is 6.74. The minimum absolute atomic E-state index is 0.0267. The molecule has 0 fully saturated rings. The summed E-state index contributed by atoms with van der Waals surface area (Å²) in [6.07, 6.45) is 0.412. The maximum absolute atomic E-state index is 8.66. The van der Waals surface area contributed by atoms with Gasteiger partial charge in [0.2, 0.25) is 0 Å². The maximum atomic E-state index is 8.66. The largest absolute Gasteiger partial charge is 0.406 e. The first kappa shape index (κ1) is 10.1. The van der Waals surface area contributed by atoms with Gasteiger partial charge >= 0.3 is 0 Å². The summed E-state index contributed by atoms with van der Waals surface area (Å²) in [5.74, 6) is 0. The van der Waals surface area contributed by atoms with E-state index in [1.54, 1.807) is 6.08 Å². The van der Waals surface area contributed by atoms with E-state index >= 15 is 0 Å². The van der Waals surface area contributed by atoms with Gasteiger partial charge in [-0.25, -0.2) is 0 Å². The lowest BCUT2D eigenvalue weighted by Crippen LogP contribution is -2.41. The molecular weight excluding hydrogens is 224 g/mol. The van der Waals surface area contributed by atoms with Crippen molar-refractivity contribution in [2.75, 3.05) is 0 Å². The topological polar surface area (TPSA) is 9.23 Å². The Morgan fingerprint density at radius 1 is 1.29 bits per heavy atom. The van der Waals surface area contributed by atoms with Crippen molar-refractivity contribution < 1.29 is 7.17 Å². The fourth-order valence-corrected chi connectivity index (χ4v) is 2.53. The summed E-state index contributed by atoms with van der Waals surface area (Å²) in [7, 11) is -2.10. The Morgan fingerprint density at radius 2 is 1.94 bits per heavy atom. The summed E-state index contributed by atoms with van der Waals surface area (Å²) < 4.78 is 23.0. The molecule has 2 heteroatoms. The van der Waals surface area contributed by atoms with E-state index in [1.807, 2.05) is 24.3 Å². The minimum Gasteiger partial charge on any atom is -0.406 e. The third kappa shape index (κ3) is 2.38. The van der Waals surface area contributed by atoms with Gasteiger partial charge in [0.15, 0.2) is 8.32 Å².